The minimum Gasteiger partial charge on any atom is -0.338 e. The number of rotatable bonds is 1. The van der Waals surface area contributed by atoms with Crippen molar-refractivity contribution in [3.8, 4) is 0 Å². The Kier molecular flexibility index (Phi) is 5.41. The van der Waals surface area contributed by atoms with Gasteiger partial charge in [-0.25, -0.2) is 4.79 Å². The molecule has 2 aliphatic rings. The Balaban J connectivity index is 1.90. The average Bonchev–Trinajstić information content (AvgIpc) is 2.48. The molecule has 2 aliphatic heterocycles. The molecule has 0 radical (unpaired) electrons. The van der Waals surface area contributed by atoms with Gasteiger partial charge in [-0.1, -0.05) is 6.92 Å². The Hall–Kier alpha value is -0.910. The van der Waals surface area contributed by atoms with E-state index in [0.717, 1.165) is 25.1 Å². The van der Waals surface area contributed by atoms with Crippen LogP contribution in [0.2, 0.25) is 0 Å². The van der Waals surface area contributed by atoms with Crippen LogP contribution in [0.15, 0.2) is 0 Å². The van der Waals surface area contributed by atoms with Crippen LogP contribution < -0.4 is 0 Å². The molecule has 3 amide bonds. The lowest BCUT2D eigenvalue weighted by molar-refractivity contribution is -0.138. The lowest BCUT2D eigenvalue weighted by Crippen LogP contribution is -2.52. The molecular weight excluding hydrogens is 286 g/mol. The number of likely N-dealkylation sites (tertiary alicyclic amines) is 1. The fourth-order valence-electron chi connectivity index (χ4n) is 3.08. The van der Waals surface area contributed by atoms with Gasteiger partial charge in [0.05, 0.1) is 0 Å². The van der Waals surface area contributed by atoms with Crippen molar-refractivity contribution < 1.29 is 9.59 Å². The molecule has 0 bridgehead atoms. The van der Waals surface area contributed by atoms with Crippen molar-refractivity contribution in [1.29, 1.82) is 0 Å². The molecule has 0 aliphatic carbocycles. The molecule has 2 saturated heterocycles. The third-order valence-corrected chi connectivity index (χ3v) is 6.00. The van der Waals surface area contributed by atoms with Crippen LogP contribution in [0.3, 0.4) is 0 Å². The summed E-state index contributed by atoms with van der Waals surface area (Å²) in [6, 6.07) is 0.370. The van der Waals surface area contributed by atoms with Crippen molar-refractivity contribution in [3.63, 3.8) is 0 Å². The van der Waals surface area contributed by atoms with Crippen molar-refractivity contribution >= 4 is 23.7 Å². The summed E-state index contributed by atoms with van der Waals surface area (Å²) in [7, 11) is 3.54. The minimum atomic E-state index is 0.0530. The molecule has 6 heteroatoms. The first-order valence-corrected chi connectivity index (χ1v) is 8.85. The van der Waals surface area contributed by atoms with Crippen LogP contribution in [-0.2, 0) is 4.79 Å². The molecule has 0 unspecified atom stereocenters. The van der Waals surface area contributed by atoms with Gasteiger partial charge in [-0.15, -0.1) is 0 Å². The third kappa shape index (κ3) is 3.65. The lowest BCUT2D eigenvalue weighted by atomic mass is 9.94. The quantitative estimate of drug-likeness (QED) is 0.740. The summed E-state index contributed by atoms with van der Waals surface area (Å²) in [6.07, 6.45) is 1.59. The topological polar surface area (TPSA) is 43.9 Å². The maximum absolute atomic E-state index is 12.7. The summed E-state index contributed by atoms with van der Waals surface area (Å²) < 4.78 is 0. The molecule has 0 N–H and O–H groups in total. The molecule has 5 nitrogen and oxygen atoms in total. The van der Waals surface area contributed by atoms with E-state index in [-0.39, 0.29) is 11.9 Å². The van der Waals surface area contributed by atoms with Gasteiger partial charge >= 0.3 is 6.03 Å². The zero-order valence-corrected chi connectivity index (χ0v) is 14.4. The van der Waals surface area contributed by atoms with Crippen molar-refractivity contribution in [3.05, 3.63) is 0 Å². The second kappa shape index (κ2) is 6.90. The number of piperidine rings is 1. The Morgan fingerprint density at radius 1 is 1.10 bits per heavy atom. The minimum absolute atomic E-state index is 0.0530. The van der Waals surface area contributed by atoms with E-state index < -0.39 is 0 Å². The summed E-state index contributed by atoms with van der Waals surface area (Å²) in [5, 5.41) is 0.512. The fourth-order valence-corrected chi connectivity index (χ4v) is 4.18. The number of hydrogen-bond acceptors (Lipinski definition) is 3. The molecular formula is C15H27N3O2S. The number of urea groups is 1. The van der Waals surface area contributed by atoms with Crippen molar-refractivity contribution in [1.82, 2.24) is 14.7 Å². The van der Waals surface area contributed by atoms with E-state index in [1.165, 1.54) is 0 Å². The van der Waals surface area contributed by atoms with Crippen molar-refractivity contribution in [2.24, 2.45) is 5.92 Å². The van der Waals surface area contributed by atoms with Crippen LogP contribution >= 0.6 is 11.8 Å². The second-order valence-corrected chi connectivity index (χ2v) is 7.77. The van der Waals surface area contributed by atoms with E-state index in [2.05, 4.69) is 18.7 Å². The van der Waals surface area contributed by atoms with Gasteiger partial charge in [-0.3, -0.25) is 4.79 Å². The maximum Gasteiger partial charge on any atom is 0.319 e. The SMILES string of the molecule is C[C@@H]1[C@@H](C)SCCN1C(=O)C1CCN(C(=O)N(C)C)CC1. The monoisotopic (exact) mass is 313 g/mol. The van der Waals surface area contributed by atoms with E-state index in [9.17, 15) is 9.59 Å². The summed E-state index contributed by atoms with van der Waals surface area (Å²) in [5.74, 6) is 1.43. The second-order valence-electron chi connectivity index (χ2n) is 6.29. The highest BCUT2D eigenvalue weighted by Gasteiger charge is 2.35. The van der Waals surface area contributed by atoms with Gasteiger partial charge in [-0.2, -0.15) is 11.8 Å². The molecule has 2 fully saturated rings. The number of carbonyl (C=O) groups is 2. The first-order chi connectivity index (χ1) is 9.91. The van der Waals surface area contributed by atoms with Crippen LogP contribution in [0.25, 0.3) is 0 Å². The average molecular weight is 313 g/mol. The first-order valence-electron chi connectivity index (χ1n) is 7.80. The van der Waals surface area contributed by atoms with Crippen LogP contribution in [0.1, 0.15) is 26.7 Å². The van der Waals surface area contributed by atoms with Crippen LogP contribution in [-0.4, -0.2) is 77.4 Å². The number of thioether (sulfide) groups is 1. The normalized spacial score (nSPS) is 27.6. The van der Waals surface area contributed by atoms with Gasteiger partial charge in [-0.05, 0) is 19.8 Å². The van der Waals surface area contributed by atoms with Crippen LogP contribution in [0, 0.1) is 5.92 Å². The molecule has 21 heavy (non-hydrogen) atoms. The first kappa shape index (κ1) is 16.5. The molecule has 0 aromatic rings. The van der Waals surface area contributed by atoms with Crippen molar-refractivity contribution in [2.75, 3.05) is 39.5 Å². The zero-order valence-electron chi connectivity index (χ0n) is 13.5. The van der Waals surface area contributed by atoms with E-state index in [4.69, 9.17) is 0 Å². The maximum atomic E-state index is 12.7. The standard InChI is InChI=1S/C15H27N3O2S/c1-11-12(2)21-10-9-18(11)14(19)13-5-7-17(8-6-13)15(20)16(3)4/h11-13H,5-10H2,1-4H3/t11-,12-/m1/s1. The molecule has 2 atom stereocenters. The Morgan fingerprint density at radius 3 is 2.29 bits per heavy atom. The Morgan fingerprint density at radius 2 is 1.71 bits per heavy atom. The number of amides is 3. The molecule has 2 rings (SSSR count). The fraction of sp³-hybridized carbons (Fsp3) is 0.867. The largest absolute Gasteiger partial charge is 0.338 e. The lowest BCUT2D eigenvalue weighted by Gasteiger charge is -2.41. The van der Waals surface area contributed by atoms with Gasteiger partial charge in [0.15, 0.2) is 0 Å². The Bertz CT molecular complexity index is 394. The van der Waals surface area contributed by atoms with E-state index in [1.807, 2.05) is 16.7 Å². The highest BCUT2D eigenvalue weighted by Crippen LogP contribution is 2.28. The zero-order chi connectivity index (χ0) is 15.6. The predicted molar refractivity (Wildman–Crippen MR) is 86.5 cm³/mol. The van der Waals surface area contributed by atoms with Crippen LogP contribution in [0.4, 0.5) is 4.79 Å². The smallest absolute Gasteiger partial charge is 0.319 e. The van der Waals surface area contributed by atoms with Crippen molar-refractivity contribution in [2.45, 2.75) is 38.0 Å². The van der Waals surface area contributed by atoms with Crippen LogP contribution in [0.5, 0.6) is 0 Å². The predicted octanol–water partition coefficient (Wildman–Crippen LogP) is 1.73. The number of nitrogens with zero attached hydrogens (tertiary/aromatic N) is 3. The van der Waals surface area contributed by atoms with Gasteiger partial charge in [0.2, 0.25) is 5.91 Å². The van der Waals surface area contributed by atoms with Gasteiger partial charge in [0, 0.05) is 56.7 Å². The molecule has 0 spiro atoms. The van der Waals surface area contributed by atoms with E-state index in [0.29, 0.717) is 30.3 Å². The molecule has 0 aromatic carbocycles. The molecule has 120 valence electrons. The molecule has 0 saturated carbocycles. The van der Waals surface area contributed by atoms with Gasteiger partial charge in [0.1, 0.15) is 0 Å². The van der Waals surface area contributed by atoms with E-state index in [1.54, 1.807) is 19.0 Å². The Labute approximate surface area is 132 Å². The summed E-state index contributed by atoms with van der Waals surface area (Å²) in [5.41, 5.74) is 0. The number of hydrogen-bond donors (Lipinski definition) is 0. The van der Waals surface area contributed by atoms with E-state index >= 15 is 0 Å². The van der Waals surface area contributed by atoms with Gasteiger partial charge < -0.3 is 14.7 Å². The molecule has 2 heterocycles. The summed E-state index contributed by atoms with van der Waals surface area (Å²) >= 11 is 1.95. The third-order valence-electron chi connectivity index (χ3n) is 4.66. The summed E-state index contributed by atoms with van der Waals surface area (Å²) in [6.45, 7) is 6.61. The molecule has 0 aromatic heterocycles. The highest BCUT2D eigenvalue weighted by atomic mass is 32.2. The summed E-state index contributed by atoms with van der Waals surface area (Å²) in [4.78, 5) is 30.2. The van der Waals surface area contributed by atoms with Gasteiger partial charge in [0.25, 0.3) is 0 Å². The number of carbonyl (C=O) groups excluding carboxylic acids is 2. The highest BCUT2D eigenvalue weighted by molar-refractivity contribution is 8.00.